The average molecular weight is 452 g/mol. The van der Waals surface area contributed by atoms with Gasteiger partial charge in [-0.3, -0.25) is 4.90 Å². The first kappa shape index (κ1) is 20.5. The molecule has 0 radical (unpaired) electrons. The van der Waals surface area contributed by atoms with Gasteiger partial charge < -0.3 is 14.8 Å². The van der Waals surface area contributed by atoms with Gasteiger partial charge in [0.15, 0.2) is 0 Å². The van der Waals surface area contributed by atoms with Crippen LogP contribution in [0.2, 0.25) is 0 Å². The summed E-state index contributed by atoms with van der Waals surface area (Å²) in [4.78, 5) is 14.0. The van der Waals surface area contributed by atoms with E-state index in [4.69, 9.17) is 14.5 Å². The maximum atomic E-state index is 10.00. The minimum atomic E-state index is 0.163. The molecule has 0 unspecified atom stereocenters. The maximum Gasteiger partial charge on any atom is 0.316 e. The standard InChI is InChI=1S/C24H29N5O2S/c1-16-11-30-9-8-29(16)14-23(5-6-23)15-31-22-27-7-3-18(28-22)21-17(10-25)20-19(32-21)2-4-24(20)12-26-13-24/h3,7,16,26H,2,4-6,8-9,11-15H2,1H3/t16-/m0/s1. The van der Waals surface area contributed by atoms with Crippen LogP contribution in [0.15, 0.2) is 12.3 Å². The smallest absolute Gasteiger partial charge is 0.316 e. The molecule has 2 aromatic heterocycles. The number of thiophene rings is 1. The molecule has 1 saturated carbocycles. The molecule has 7 nitrogen and oxygen atoms in total. The average Bonchev–Trinajstić information content (AvgIpc) is 3.28. The predicted octanol–water partition coefficient (Wildman–Crippen LogP) is 2.74. The minimum absolute atomic E-state index is 0.163. The number of morpholine rings is 1. The number of hydrogen-bond acceptors (Lipinski definition) is 8. The summed E-state index contributed by atoms with van der Waals surface area (Å²) in [6.07, 6.45) is 6.34. The van der Waals surface area contributed by atoms with Crippen molar-refractivity contribution < 1.29 is 9.47 Å². The largest absolute Gasteiger partial charge is 0.463 e. The van der Waals surface area contributed by atoms with E-state index in [-0.39, 0.29) is 10.8 Å². The van der Waals surface area contributed by atoms with Gasteiger partial charge in [-0.25, -0.2) is 4.98 Å². The number of nitrogens with one attached hydrogen (secondary N) is 1. The lowest BCUT2D eigenvalue weighted by molar-refractivity contribution is -0.0135. The Balaban J connectivity index is 1.19. The van der Waals surface area contributed by atoms with Gasteiger partial charge in [-0.1, -0.05) is 0 Å². The SMILES string of the molecule is C[C@H]1COCCN1CC1(COc2nccc(-c3sc4c(c3C#N)C3(CC4)CNC3)n2)CC1. The summed E-state index contributed by atoms with van der Waals surface area (Å²) in [5, 5.41) is 13.4. The van der Waals surface area contributed by atoms with Crippen molar-refractivity contribution in [2.24, 2.45) is 5.41 Å². The first-order chi connectivity index (χ1) is 15.6. The molecule has 0 bridgehead atoms. The number of aromatic nitrogens is 2. The Hall–Kier alpha value is -2.05. The van der Waals surface area contributed by atoms with E-state index in [9.17, 15) is 5.26 Å². The van der Waals surface area contributed by atoms with Crippen molar-refractivity contribution in [1.29, 1.82) is 5.26 Å². The number of nitrogens with zero attached hydrogens (tertiary/aromatic N) is 4. The molecule has 8 heteroatoms. The highest BCUT2D eigenvalue weighted by Crippen LogP contribution is 2.50. The molecule has 4 heterocycles. The molecule has 1 spiro atoms. The normalized spacial score (nSPS) is 25.2. The zero-order valence-electron chi connectivity index (χ0n) is 18.5. The quantitative estimate of drug-likeness (QED) is 0.723. The van der Waals surface area contributed by atoms with Crippen LogP contribution in [0.3, 0.4) is 0 Å². The van der Waals surface area contributed by atoms with Crippen molar-refractivity contribution in [2.75, 3.05) is 46.0 Å². The van der Waals surface area contributed by atoms with Crippen LogP contribution in [0.25, 0.3) is 10.6 Å². The van der Waals surface area contributed by atoms with E-state index in [1.807, 2.05) is 6.07 Å². The lowest BCUT2D eigenvalue weighted by atomic mass is 9.75. The minimum Gasteiger partial charge on any atom is -0.463 e. The van der Waals surface area contributed by atoms with Crippen molar-refractivity contribution in [1.82, 2.24) is 20.2 Å². The van der Waals surface area contributed by atoms with Gasteiger partial charge in [-0.05, 0) is 44.2 Å². The fourth-order valence-corrected chi connectivity index (χ4v) is 6.81. The summed E-state index contributed by atoms with van der Waals surface area (Å²) in [6, 6.07) is 5.28. The molecule has 1 atom stereocenters. The topological polar surface area (TPSA) is 83.3 Å². The molecule has 168 valence electrons. The monoisotopic (exact) mass is 451 g/mol. The van der Waals surface area contributed by atoms with E-state index in [0.29, 0.717) is 18.7 Å². The van der Waals surface area contributed by atoms with Gasteiger partial charge in [0, 0.05) is 54.1 Å². The van der Waals surface area contributed by atoms with Gasteiger partial charge in [0.25, 0.3) is 0 Å². The molecule has 2 aromatic rings. The van der Waals surface area contributed by atoms with Gasteiger partial charge in [-0.15, -0.1) is 11.3 Å². The highest BCUT2D eigenvalue weighted by Gasteiger charge is 2.48. The van der Waals surface area contributed by atoms with Crippen LogP contribution in [-0.4, -0.2) is 66.9 Å². The Kier molecular flexibility index (Phi) is 4.99. The van der Waals surface area contributed by atoms with Crippen LogP contribution in [0, 0.1) is 16.7 Å². The Morgan fingerprint density at radius 3 is 2.97 bits per heavy atom. The lowest BCUT2D eigenvalue weighted by Gasteiger charge is -2.40. The van der Waals surface area contributed by atoms with Crippen LogP contribution in [0.4, 0.5) is 0 Å². The Morgan fingerprint density at radius 2 is 2.25 bits per heavy atom. The molecule has 1 N–H and O–H groups in total. The van der Waals surface area contributed by atoms with Gasteiger partial charge in [-0.2, -0.15) is 10.2 Å². The summed E-state index contributed by atoms with van der Waals surface area (Å²) in [5.41, 5.74) is 3.26. The van der Waals surface area contributed by atoms with E-state index in [0.717, 1.165) is 68.4 Å². The molecule has 0 aromatic carbocycles. The van der Waals surface area contributed by atoms with Gasteiger partial charge in [0.2, 0.25) is 0 Å². The first-order valence-corrected chi connectivity index (χ1v) is 12.5. The van der Waals surface area contributed by atoms with Crippen molar-refractivity contribution in [2.45, 2.75) is 44.1 Å². The van der Waals surface area contributed by atoms with Crippen LogP contribution in [-0.2, 0) is 16.6 Å². The van der Waals surface area contributed by atoms with Gasteiger partial charge >= 0.3 is 6.01 Å². The zero-order chi connectivity index (χ0) is 21.8. The first-order valence-electron chi connectivity index (χ1n) is 11.7. The number of hydrogen-bond donors (Lipinski definition) is 1. The molecule has 4 aliphatic rings. The highest BCUT2D eigenvalue weighted by atomic mass is 32.1. The highest BCUT2D eigenvalue weighted by molar-refractivity contribution is 7.16. The lowest BCUT2D eigenvalue weighted by Crippen LogP contribution is -2.55. The number of nitriles is 1. The van der Waals surface area contributed by atoms with Crippen molar-refractivity contribution in [3.8, 4) is 22.7 Å². The summed E-state index contributed by atoms with van der Waals surface area (Å²) in [5.74, 6) is 0. The van der Waals surface area contributed by atoms with Crippen molar-refractivity contribution >= 4 is 11.3 Å². The molecule has 3 fully saturated rings. The van der Waals surface area contributed by atoms with Crippen LogP contribution >= 0.6 is 11.3 Å². The Labute approximate surface area is 192 Å². The summed E-state index contributed by atoms with van der Waals surface area (Å²) < 4.78 is 11.7. The molecular formula is C24H29N5O2S. The second kappa shape index (κ2) is 7.77. The maximum absolute atomic E-state index is 10.00. The predicted molar refractivity (Wildman–Crippen MR) is 122 cm³/mol. The van der Waals surface area contributed by atoms with Crippen molar-refractivity contribution in [3.63, 3.8) is 0 Å². The zero-order valence-corrected chi connectivity index (χ0v) is 19.3. The van der Waals surface area contributed by atoms with E-state index in [2.05, 4.69) is 28.2 Å². The number of rotatable bonds is 6. The van der Waals surface area contributed by atoms with Gasteiger partial charge in [0.1, 0.15) is 6.07 Å². The van der Waals surface area contributed by atoms with Crippen LogP contribution < -0.4 is 10.1 Å². The van der Waals surface area contributed by atoms with E-state index >= 15 is 0 Å². The fraction of sp³-hybridized carbons (Fsp3) is 0.625. The summed E-state index contributed by atoms with van der Waals surface area (Å²) in [7, 11) is 0. The molecule has 2 saturated heterocycles. The molecule has 2 aliphatic carbocycles. The van der Waals surface area contributed by atoms with Crippen LogP contribution in [0.1, 0.15) is 42.2 Å². The number of aryl methyl sites for hydroxylation is 1. The number of ether oxygens (including phenoxy) is 2. The molecular weight excluding hydrogens is 422 g/mol. The Morgan fingerprint density at radius 1 is 1.38 bits per heavy atom. The van der Waals surface area contributed by atoms with Crippen molar-refractivity contribution in [3.05, 3.63) is 28.3 Å². The third-order valence-corrected chi connectivity index (χ3v) is 9.03. The van der Waals surface area contributed by atoms with E-state index < -0.39 is 0 Å². The third kappa shape index (κ3) is 3.43. The molecule has 0 amide bonds. The molecule has 32 heavy (non-hydrogen) atoms. The second-order valence-corrected chi connectivity index (χ2v) is 11.1. The molecule has 2 aliphatic heterocycles. The summed E-state index contributed by atoms with van der Waals surface area (Å²) >= 11 is 1.73. The second-order valence-electron chi connectivity index (χ2n) is 10.0. The third-order valence-electron chi connectivity index (χ3n) is 7.76. The van der Waals surface area contributed by atoms with Gasteiger partial charge in [0.05, 0.1) is 36.0 Å². The van der Waals surface area contributed by atoms with Crippen LogP contribution in [0.5, 0.6) is 6.01 Å². The Bertz CT molecular complexity index is 1070. The number of fused-ring (bicyclic) bond motifs is 2. The van der Waals surface area contributed by atoms with E-state index in [1.165, 1.54) is 23.3 Å². The summed E-state index contributed by atoms with van der Waals surface area (Å²) in [6.45, 7) is 8.50. The molecule has 6 rings (SSSR count). The van der Waals surface area contributed by atoms with E-state index in [1.54, 1.807) is 17.5 Å². The fourth-order valence-electron chi connectivity index (χ4n) is 5.47.